The molecule has 0 bridgehead atoms. The van der Waals surface area contributed by atoms with Crippen molar-refractivity contribution in [2.24, 2.45) is 10.9 Å². The summed E-state index contributed by atoms with van der Waals surface area (Å²) in [4.78, 5) is 27.7. The molecule has 13 heteroatoms. The Morgan fingerprint density at radius 1 is 1.36 bits per heavy atom. The van der Waals surface area contributed by atoms with Crippen LogP contribution < -0.4 is 21.8 Å². The van der Waals surface area contributed by atoms with Gasteiger partial charge in [-0.15, -0.1) is 0 Å². The minimum absolute atomic E-state index is 0.0831. The summed E-state index contributed by atoms with van der Waals surface area (Å²) in [5.41, 5.74) is -0.606. The fourth-order valence-corrected chi connectivity index (χ4v) is 2.53. The third-order valence-electron chi connectivity index (χ3n) is 4.06. The predicted octanol–water partition coefficient (Wildman–Crippen LogP) is -0.321. The van der Waals surface area contributed by atoms with Crippen LogP contribution in [0.15, 0.2) is 16.0 Å². The van der Waals surface area contributed by atoms with E-state index < -0.39 is 18.4 Å². The summed E-state index contributed by atoms with van der Waals surface area (Å²) >= 11 is 0. The van der Waals surface area contributed by atoms with Crippen molar-refractivity contribution in [3.8, 4) is 5.88 Å². The number of hydrogen-bond acceptors (Lipinski definition) is 7. The standard InChI is InChI=1S/C15H15F3N8O2/c16-15(17,18)6-20-13-25-12(19-4-7-1-2-7)23-10-8(5-21-26(10)13)3-9-11(27)24-14(28)22-9/h3,5,7,27H,1-2,4,6H2,(H,19,20,25)(H2,22,24,28)/b8-3+. The molecule has 3 aromatic heterocycles. The third-order valence-corrected chi connectivity index (χ3v) is 4.06. The van der Waals surface area contributed by atoms with Crippen molar-refractivity contribution in [1.29, 1.82) is 0 Å². The first-order chi connectivity index (χ1) is 13.3. The van der Waals surface area contributed by atoms with Crippen molar-refractivity contribution in [2.75, 3.05) is 18.4 Å². The van der Waals surface area contributed by atoms with Crippen molar-refractivity contribution in [2.45, 2.75) is 19.0 Å². The van der Waals surface area contributed by atoms with Crippen LogP contribution in [0.1, 0.15) is 18.5 Å². The van der Waals surface area contributed by atoms with Crippen LogP contribution in [0.2, 0.25) is 0 Å². The summed E-state index contributed by atoms with van der Waals surface area (Å²) in [6, 6.07) is 0. The largest absolute Gasteiger partial charge is 0.493 e. The monoisotopic (exact) mass is 396 g/mol. The minimum atomic E-state index is -4.49. The average molecular weight is 396 g/mol. The molecule has 3 aromatic rings. The van der Waals surface area contributed by atoms with Gasteiger partial charge in [-0.3, -0.25) is 4.98 Å². The van der Waals surface area contributed by atoms with Crippen molar-refractivity contribution in [3.63, 3.8) is 0 Å². The van der Waals surface area contributed by atoms with Gasteiger partial charge >= 0.3 is 11.9 Å². The summed E-state index contributed by atoms with van der Waals surface area (Å²) in [6.07, 6.45) is 0.378. The number of halogens is 3. The summed E-state index contributed by atoms with van der Waals surface area (Å²) < 4.78 is 38.8. The molecule has 10 nitrogen and oxygen atoms in total. The molecule has 0 aromatic carbocycles. The molecule has 4 rings (SSSR count). The van der Waals surface area contributed by atoms with Crippen molar-refractivity contribution in [3.05, 3.63) is 33.2 Å². The van der Waals surface area contributed by atoms with E-state index in [9.17, 15) is 23.1 Å². The molecule has 1 fully saturated rings. The molecule has 0 spiro atoms. The molecular weight excluding hydrogens is 381 g/mol. The van der Waals surface area contributed by atoms with E-state index in [-0.39, 0.29) is 28.8 Å². The summed E-state index contributed by atoms with van der Waals surface area (Å²) in [5.74, 6) is 0.239. The van der Waals surface area contributed by atoms with Crippen molar-refractivity contribution < 1.29 is 18.3 Å². The van der Waals surface area contributed by atoms with E-state index in [1.54, 1.807) is 0 Å². The van der Waals surface area contributed by atoms with Gasteiger partial charge in [0.15, 0.2) is 5.65 Å². The molecule has 1 saturated carbocycles. The summed E-state index contributed by atoms with van der Waals surface area (Å²) in [7, 11) is 0. The summed E-state index contributed by atoms with van der Waals surface area (Å²) in [6.45, 7) is -0.806. The second kappa shape index (κ2) is 6.65. The topological polar surface area (TPSA) is 136 Å². The fourth-order valence-electron chi connectivity index (χ4n) is 2.53. The van der Waals surface area contributed by atoms with Gasteiger partial charge in [0.25, 0.3) is 5.62 Å². The number of aromatic amines is 2. The first kappa shape index (κ1) is 18.0. The second-order valence-electron chi connectivity index (χ2n) is 6.42. The molecule has 0 unspecified atom stereocenters. The SMILES string of the molecule is O=c1[nH]c(O)c(/C=c2\cnn3c(=NCC(F)(F)F)nc(NCC4CC4)nc23)[nH]1. The number of rotatable bonds is 5. The minimum Gasteiger partial charge on any atom is -0.493 e. The zero-order chi connectivity index (χ0) is 19.9. The Morgan fingerprint density at radius 3 is 2.79 bits per heavy atom. The van der Waals surface area contributed by atoms with Crippen LogP contribution in [0.3, 0.4) is 0 Å². The Kier molecular flexibility index (Phi) is 4.28. The molecule has 0 radical (unpaired) electrons. The molecule has 4 N–H and O–H groups in total. The van der Waals surface area contributed by atoms with E-state index >= 15 is 0 Å². The van der Waals surface area contributed by atoms with Crippen LogP contribution >= 0.6 is 0 Å². The Balaban J connectivity index is 1.84. The van der Waals surface area contributed by atoms with Crippen molar-refractivity contribution in [1.82, 2.24) is 29.5 Å². The van der Waals surface area contributed by atoms with Crippen LogP contribution in [0.4, 0.5) is 19.1 Å². The number of H-pyrrole nitrogens is 2. The number of nitrogens with zero attached hydrogens (tertiary/aromatic N) is 5. The Hall–Kier alpha value is -3.38. The number of nitrogens with one attached hydrogen (secondary N) is 3. The van der Waals surface area contributed by atoms with Gasteiger partial charge in [-0.05, 0) is 24.8 Å². The van der Waals surface area contributed by atoms with Crippen molar-refractivity contribution >= 4 is 17.7 Å². The molecule has 28 heavy (non-hydrogen) atoms. The van der Waals surface area contributed by atoms with Crippen LogP contribution in [0, 0.1) is 5.92 Å². The maximum absolute atomic E-state index is 12.6. The number of hydrogen-bond donors (Lipinski definition) is 4. The number of aromatic nitrogens is 6. The average Bonchev–Trinajstić information content (AvgIpc) is 3.28. The van der Waals surface area contributed by atoms with Gasteiger partial charge in [0, 0.05) is 11.8 Å². The third kappa shape index (κ3) is 3.97. The van der Waals surface area contributed by atoms with Gasteiger partial charge in [-0.2, -0.15) is 32.8 Å². The zero-order valence-corrected chi connectivity index (χ0v) is 14.3. The Morgan fingerprint density at radius 2 is 2.14 bits per heavy atom. The lowest BCUT2D eigenvalue weighted by molar-refractivity contribution is -0.118. The Labute approximate surface area is 153 Å². The van der Waals surface area contributed by atoms with E-state index in [1.165, 1.54) is 12.3 Å². The lowest BCUT2D eigenvalue weighted by Gasteiger charge is -2.05. The predicted molar refractivity (Wildman–Crippen MR) is 90.3 cm³/mol. The molecule has 0 aliphatic heterocycles. The molecule has 0 saturated heterocycles. The smallest absolute Gasteiger partial charge is 0.408 e. The molecule has 1 aliphatic rings. The highest BCUT2D eigenvalue weighted by Gasteiger charge is 2.26. The first-order valence-corrected chi connectivity index (χ1v) is 8.38. The maximum atomic E-state index is 12.6. The van der Waals surface area contributed by atoms with E-state index in [2.05, 4.69) is 35.3 Å². The van der Waals surface area contributed by atoms with Crippen LogP contribution in [-0.4, -0.2) is 53.9 Å². The number of aromatic hydroxyl groups is 1. The number of fused-ring (bicyclic) bond motifs is 1. The second-order valence-corrected chi connectivity index (χ2v) is 6.42. The Bertz CT molecular complexity index is 1190. The van der Waals surface area contributed by atoms with Gasteiger partial charge in [0.2, 0.25) is 11.8 Å². The molecular formula is C15H15F3N8O2. The van der Waals surface area contributed by atoms with Crippen LogP contribution in [-0.2, 0) is 0 Å². The molecule has 3 heterocycles. The number of imidazole rings is 1. The highest BCUT2D eigenvalue weighted by molar-refractivity contribution is 5.57. The van der Waals surface area contributed by atoms with Crippen LogP contribution in [0.5, 0.6) is 5.88 Å². The number of anilines is 1. The van der Waals surface area contributed by atoms with Gasteiger partial charge in [-0.1, -0.05) is 0 Å². The van der Waals surface area contributed by atoms with E-state index in [1.807, 2.05) is 0 Å². The van der Waals surface area contributed by atoms with Gasteiger partial charge in [0.05, 0.1) is 6.20 Å². The maximum Gasteiger partial charge on any atom is 0.408 e. The highest BCUT2D eigenvalue weighted by atomic mass is 19.4. The van der Waals surface area contributed by atoms with Crippen LogP contribution in [0.25, 0.3) is 11.7 Å². The summed E-state index contributed by atoms with van der Waals surface area (Å²) in [5, 5.41) is 17.0. The lowest BCUT2D eigenvalue weighted by atomic mass is 10.3. The quantitative estimate of drug-likeness (QED) is 0.467. The number of alkyl halides is 3. The fraction of sp³-hybridized carbons (Fsp3) is 0.400. The molecule has 0 atom stereocenters. The molecule has 0 amide bonds. The van der Waals surface area contributed by atoms with Gasteiger partial charge < -0.3 is 15.4 Å². The van der Waals surface area contributed by atoms with E-state index in [0.29, 0.717) is 17.7 Å². The normalized spacial score (nSPS) is 16.2. The highest BCUT2D eigenvalue weighted by Crippen LogP contribution is 2.28. The lowest BCUT2D eigenvalue weighted by Crippen LogP contribution is -2.27. The molecule has 1 aliphatic carbocycles. The van der Waals surface area contributed by atoms with Gasteiger partial charge in [0.1, 0.15) is 12.2 Å². The zero-order valence-electron chi connectivity index (χ0n) is 14.3. The van der Waals surface area contributed by atoms with E-state index in [0.717, 1.165) is 17.4 Å². The van der Waals surface area contributed by atoms with Gasteiger partial charge in [-0.25, -0.2) is 9.79 Å². The van der Waals surface area contributed by atoms with E-state index in [4.69, 9.17) is 0 Å². The first-order valence-electron chi connectivity index (χ1n) is 8.38. The molecule has 148 valence electrons.